The van der Waals surface area contributed by atoms with Crippen LogP contribution in [0.2, 0.25) is 0 Å². The minimum absolute atomic E-state index is 0.00208. The van der Waals surface area contributed by atoms with Crippen molar-refractivity contribution in [2.24, 2.45) is 0 Å². The van der Waals surface area contributed by atoms with E-state index in [4.69, 9.17) is 9.47 Å². The number of piperidine rings is 1. The topological polar surface area (TPSA) is 103 Å². The van der Waals surface area contributed by atoms with Crippen LogP contribution in [-0.4, -0.2) is 98.5 Å². The van der Waals surface area contributed by atoms with Crippen molar-refractivity contribution in [3.8, 4) is 5.75 Å². The first-order valence-corrected chi connectivity index (χ1v) is 12.4. The minimum atomic E-state index is -0.496. The second kappa shape index (κ2) is 11.5. The number of hydrogen-bond donors (Lipinski definition) is 3. The van der Waals surface area contributed by atoms with Gasteiger partial charge in [-0.1, -0.05) is 6.42 Å². The van der Waals surface area contributed by atoms with Gasteiger partial charge in [-0.3, -0.25) is 9.59 Å². The number of nitrogens with one attached hydrogen (secondary N) is 2. The Labute approximate surface area is 201 Å². The molecular weight excluding hydrogens is 436 g/mol. The van der Waals surface area contributed by atoms with Crippen LogP contribution >= 0.6 is 0 Å². The molecule has 0 aliphatic carbocycles. The number of fused-ring (bicyclic) bond motifs is 3. The summed E-state index contributed by atoms with van der Waals surface area (Å²) in [6, 6.07) is 5.63. The second-order valence-corrected chi connectivity index (χ2v) is 9.90. The lowest BCUT2D eigenvalue weighted by atomic mass is 9.84. The summed E-state index contributed by atoms with van der Waals surface area (Å²) in [6.07, 6.45) is 3.56. The standard InChI is InChI=1S/C25H38N4O5/c1-28(2)15-24(32)27-17-6-7-21-19(12-17)20-13-18(33-22(16-30)25(20)34-21)14-23(31)26-8-11-29-9-4-3-5-10-29/h6-7,12,18,20,22,25,30H,3-5,8-11,13-16H2,1-2H3,(H,26,31)(H,27,32)/t18-,20-,22-,25+/m1/s1. The molecule has 0 bridgehead atoms. The quantitative estimate of drug-likeness (QED) is 0.494. The molecule has 0 spiro atoms. The summed E-state index contributed by atoms with van der Waals surface area (Å²) in [5.41, 5.74) is 1.71. The fourth-order valence-electron chi connectivity index (χ4n) is 5.27. The summed E-state index contributed by atoms with van der Waals surface area (Å²) >= 11 is 0. The van der Waals surface area contributed by atoms with Crippen molar-refractivity contribution >= 4 is 17.5 Å². The monoisotopic (exact) mass is 474 g/mol. The van der Waals surface area contributed by atoms with Crippen molar-refractivity contribution in [1.82, 2.24) is 15.1 Å². The van der Waals surface area contributed by atoms with Crippen LogP contribution in [0.4, 0.5) is 5.69 Å². The molecule has 4 rings (SSSR count). The molecule has 3 heterocycles. The lowest BCUT2D eigenvalue weighted by Gasteiger charge is -2.37. The van der Waals surface area contributed by atoms with E-state index >= 15 is 0 Å². The van der Waals surface area contributed by atoms with Gasteiger partial charge in [0.25, 0.3) is 0 Å². The van der Waals surface area contributed by atoms with Crippen molar-refractivity contribution in [1.29, 1.82) is 0 Å². The molecular formula is C25H38N4O5. The minimum Gasteiger partial charge on any atom is -0.487 e. The van der Waals surface area contributed by atoms with Crippen LogP contribution in [-0.2, 0) is 14.3 Å². The number of likely N-dealkylation sites (N-methyl/N-ethyl adjacent to an activating group) is 1. The summed E-state index contributed by atoms with van der Waals surface area (Å²) in [6.45, 7) is 3.87. The van der Waals surface area contributed by atoms with Crippen LogP contribution < -0.4 is 15.4 Å². The van der Waals surface area contributed by atoms with E-state index in [-0.39, 0.29) is 43.0 Å². The Morgan fingerprint density at radius 1 is 1.18 bits per heavy atom. The summed E-state index contributed by atoms with van der Waals surface area (Å²) in [7, 11) is 3.70. The van der Waals surface area contributed by atoms with Gasteiger partial charge in [-0.2, -0.15) is 0 Å². The van der Waals surface area contributed by atoms with E-state index in [0.717, 1.165) is 30.9 Å². The Morgan fingerprint density at radius 3 is 2.71 bits per heavy atom. The molecule has 0 radical (unpaired) electrons. The van der Waals surface area contributed by atoms with Crippen molar-refractivity contribution in [2.45, 2.75) is 56.3 Å². The number of likely N-dealkylation sites (tertiary alicyclic amines) is 1. The Balaban J connectivity index is 1.35. The van der Waals surface area contributed by atoms with Gasteiger partial charge in [-0.05, 0) is 64.6 Å². The highest BCUT2D eigenvalue weighted by molar-refractivity contribution is 5.92. The molecule has 188 valence electrons. The number of nitrogens with zero attached hydrogens (tertiary/aromatic N) is 2. The van der Waals surface area contributed by atoms with Gasteiger partial charge in [0, 0.05) is 30.3 Å². The predicted molar refractivity (Wildman–Crippen MR) is 129 cm³/mol. The smallest absolute Gasteiger partial charge is 0.238 e. The Bertz CT molecular complexity index is 858. The van der Waals surface area contributed by atoms with Gasteiger partial charge >= 0.3 is 0 Å². The molecule has 2 fully saturated rings. The number of amides is 2. The molecule has 0 saturated carbocycles. The molecule has 3 aliphatic rings. The van der Waals surface area contributed by atoms with E-state index in [1.54, 1.807) is 0 Å². The number of aliphatic hydroxyl groups is 1. The maximum absolute atomic E-state index is 12.6. The zero-order valence-electron chi connectivity index (χ0n) is 20.3. The van der Waals surface area contributed by atoms with Crippen LogP contribution in [0.1, 0.15) is 43.6 Å². The maximum Gasteiger partial charge on any atom is 0.238 e. The molecule has 4 atom stereocenters. The van der Waals surface area contributed by atoms with E-state index in [9.17, 15) is 14.7 Å². The van der Waals surface area contributed by atoms with Crippen molar-refractivity contribution in [2.75, 3.05) is 58.7 Å². The summed E-state index contributed by atoms with van der Waals surface area (Å²) in [4.78, 5) is 29.0. The molecule has 1 aromatic rings. The zero-order valence-corrected chi connectivity index (χ0v) is 20.3. The Morgan fingerprint density at radius 2 is 1.97 bits per heavy atom. The number of carbonyl (C=O) groups is 2. The average molecular weight is 475 g/mol. The van der Waals surface area contributed by atoms with Gasteiger partial charge in [0.2, 0.25) is 11.8 Å². The molecule has 34 heavy (non-hydrogen) atoms. The van der Waals surface area contributed by atoms with Crippen LogP contribution in [0.3, 0.4) is 0 Å². The third-order valence-electron chi connectivity index (χ3n) is 6.85. The number of benzene rings is 1. The largest absolute Gasteiger partial charge is 0.487 e. The number of rotatable bonds is 9. The van der Waals surface area contributed by atoms with Gasteiger partial charge in [-0.15, -0.1) is 0 Å². The second-order valence-electron chi connectivity index (χ2n) is 9.90. The van der Waals surface area contributed by atoms with Gasteiger partial charge in [0.05, 0.1) is 25.7 Å². The van der Waals surface area contributed by atoms with E-state index < -0.39 is 6.10 Å². The number of anilines is 1. The van der Waals surface area contributed by atoms with Gasteiger partial charge < -0.3 is 35.0 Å². The first-order valence-electron chi connectivity index (χ1n) is 12.4. The molecule has 3 aliphatic heterocycles. The Kier molecular flexibility index (Phi) is 8.41. The lowest BCUT2D eigenvalue weighted by molar-refractivity contribution is -0.142. The molecule has 2 amide bonds. The fraction of sp³-hybridized carbons (Fsp3) is 0.680. The highest BCUT2D eigenvalue weighted by Gasteiger charge is 2.46. The average Bonchev–Trinajstić information content (AvgIpc) is 3.16. The number of ether oxygens (including phenoxy) is 2. The van der Waals surface area contributed by atoms with Gasteiger partial charge in [-0.25, -0.2) is 0 Å². The first kappa shape index (κ1) is 24.9. The van der Waals surface area contributed by atoms with Crippen LogP contribution in [0.15, 0.2) is 18.2 Å². The van der Waals surface area contributed by atoms with Crippen molar-refractivity contribution in [3.05, 3.63) is 23.8 Å². The van der Waals surface area contributed by atoms with Gasteiger partial charge in [0.1, 0.15) is 18.0 Å². The zero-order chi connectivity index (χ0) is 24.1. The SMILES string of the molecule is CN(C)CC(=O)Nc1ccc2c(c1)[C@H]1C[C@H](CC(=O)NCCN3CCCCC3)O[C@H](CO)[C@H]1O2. The number of hydrogen-bond acceptors (Lipinski definition) is 7. The first-order chi connectivity index (χ1) is 16.4. The van der Waals surface area contributed by atoms with Gasteiger partial charge in [0.15, 0.2) is 0 Å². The molecule has 0 aromatic heterocycles. The molecule has 9 nitrogen and oxygen atoms in total. The van der Waals surface area contributed by atoms with E-state index in [0.29, 0.717) is 25.2 Å². The van der Waals surface area contributed by atoms with Crippen LogP contribution in [0.25, 0.3) is 0 Å². The third-order valence-corrected chi connectivity index (χ3v) is 6.85. The number of aliphatic hydroxyl groups excluding tert-OH is 1. The third kappa shape index (κ3) is 6.27. The normalized spacial score (nSPS) is 26.5. The Hall–Kier alpha value is -2.20. The van der Waals surface area contributed by atoms with Crippen molar-refractivity contribution in [3.63, 3.8) is 0 Å². The van der Waals surface area contributed by atoms with E-state index in [1.165, 1.54) is 19.3 Å². The summed E-state index contributed by atoms with van der Waals surface area (Å²) in [5, 5.41) is 15.9. The molecule has 9 heteroatoms. The summed E-state index contributed by atoms with van der Waals surface area (Å²) in [5.74, 6) is 0.632. The van der Waals surface area contributed by atoms with Crippen LogP contribution in [0.5, 0.6) is 5.75 Å². The van der Waals surface area contributed by atoms with Crippen molar-refractivity contribution < 1.29 is 24.2 Å². The van der Waals surface area contributed by atoms with E-state index in [1.807, 2.05) is 37.2 Å². The van der Waals surface area contributed by atoms with Crippen LogP contribution in [0, 0.1) is 0 Å². The highest BCUT2D eigenvalue weighted by atomic mass is 16.6. The van der Waals surface area contributed by atoms with E-state index in [2.05, 4.69) is 15.5 Å². The molecule has 3 N–H and O–H groups in total. The molecule has 0 unspecified atom stereocenters. The highest BCUT2D eigenvalue weighted by Crippen LogP contribution is 2.47. The number of carbonyl (C=O) groups excluding carboxylic acids is 2. The molecule has 2 saturated heterocycles. The predicted octanol–water partition coefficient (Wildman–Crippen LogP) is 1.17. The maximum atomic E-state index is 12.6. The molecule has 1 aromatic carbocycles. The fourth-order valence-corrected chi connectivity index (χ4v) is 5.27. The lowest BCUT2D eigenvalue weighted by Crippen LogP contribution is -2.47. The summed E-state index contributed by atoms with van der Waals surface area (Å²) < 4.78 is 12.2.